The summed E-state index contributed by atoms with van der Waals surface area (Å²) >= 11 is 5.91. The van der Waals surface area contributed by atoms with Gasteiger partial charge in [0, 0.05) is 23.9 Å². The van der Waals surface area contributed by atoms with Gasteiger partial charge in [0.15, 0.2) is 5.75 Å². The number of nitrogens with one attached hydrogen (secondary N) is 1. The summed E-state index contributed by atoms with van der Waals surface area (Å²) in [4.78, 5) is 26.2. The van der Waals surface area contributed by atoms with Gasteiger partial charge in [-0.25, -0.2) is 0 Å². The van der Waals surface area contributed by atoms with Crippen LogP contribution in [0, 0.1) is 10.1 Å². The van der Waals surface area contributed by atoms with Gasteiger partial charge in [-0.2, -0.15) is 0 Å². The van der Waals surface area contributed by atoms with Crippen LogP contribution in [0.4, 0.5) is 11.4 Å². The molecule has 0 saturated heterocycles. The van der Waals surface area contributed by atoms with Crippen molar-refractivity contribution in [3.8, 4) is 5.75 Å². The van der Waals surface area contributed by atoms with Crippen LogP contribution in [0.5, 0.6) is 5.75 Å². The predicted molar refractivity (Wildman–Crippen MR) is 76.8 cm³/mol. The molecular formula is C13H10ClN3O4. The van der Waals surface area contributed by atoms with Crippen LogP contribution < -0.4 is 10.1 Å². The largest absolute Gasteiger partial charge is 0.490 e. The lowest BCUT2D eigenvalue weighted by molar-refractivity contribution is -0.385. The zero-order valence-electron chi connectivity index (χ0n) is 10.9. The second kappa shape index (κ2) is 6.19. The highest BCUT2D eigenvalue weighted by Gasteiger charge is 2.17. The highest BCUT2D eigenvalue weighted by atomic mass is 35.5. The van der Waals surface area contributed by atoms with Crippen LogP contribution in [0.1, 0.15) is 10.4 Å². The summed E-state index contributed by atoms with van der Waals surface area (Å²) in [5.74, 6) is -0.469. The third kappa shape index (κ3) is 3.26. The molecule has 21 heavy (non-hydrogen) atoms. The van der Waals surface area contributed by atoms with Crippen LogP contribution in [-0.2, 0) is 0 Å². The van der Waals surface area contributed by atoms with E-state index in [0.717, 1.165) is 0 Å². The number of nitro groups is 1. The maximum Gasteiger partial charge on any atom is 0.310 e. The van der Waals surface area contributed by atoms with Crippen LogP contribution >= 0.6 is 11.6 Å². The van der Waals surface area contributed by atoms with Gasteiger partial charge < -0.3 is 10.1 Å². The fourth-order valence-corrected chi connectivity index (χ4v) is 1.79. The van der Waals surface area contributed by atoms with E-state index in [9.17, 15) is 14.9 Å². The standard InChI is InChI=1S/C13H10ClN3O4/c1-21-12-6-8(2-3-11(12)17(19)20)13(18)16-10-7-15-5-4-9(10)14/h2-7H,1H3,(H,16,18). The van der Waals surface area contributed by atoms with E-state index < -0.39 is 10.8 Å². The van der Waals surface area contributed by atoms with Gasteiger partial charge in [-0.15, -0.1) is 0 Å². The first-order valence-corrected chi connectivity index (χ1v) is 6.14. The summed E-state index contributed by atoms with van der Waals surface area (Å²) < 4.78 is 4.91. The summed E-state index contributed by atoms with van der Waals surface area (Å²) in [6.45, 7) is 0. The molecule has 0 atom stereocenters. The first kappa shape index (κ1) is 14.7. The summed E-state index contributed by atoms with van der Waals surface area (Å²) in [5, 5.41) is 13.7. The molecule has 1 aromatic carbocycles. The molecule has 2 rings (SSSR count). The Labute approximate surface area is 124 Å². The Kier molecular flexibility index (Phi) is 4.34. The molecule has 0 aliphatic carbocycles. The summed E-state index contributed by atoms with van der Waals surface area (Å²) in [6, 6.07) is 5.37. The van der Waals surface area contributed by atoms with Gasteiger partial charge >= 0.3 is 5.69 Å². The molecule has 7 nitrogen and oxygen atoms in total. The van der Waals surface area contributed by atoms with Crippen molar-refractivity contribution in [2.24, 2.45) is 0 Å². The molecule has 1 N–H and O–H groups in total. The van der Waals surface area contributed by atoms with Crippen LogP contribution in [0.3, 0.4) is 0 Å². The van der Waals surface area contributed by atoms with Crippen molar-refractivity contribution in [1.29, 1.82) is 0 Å². The minimum atomic E-state index is -0.585. The Bertz CT molecular complexity index is 706. The molecule has 0 saturated carbocycles. The van der Waals surface area contributed by atoms with Crippen molar-refractivity contribution in [2.45, 2.75) is 0 Å². The van der Waals surface area contributed by atoms with Gasteiger partial charge in [-0.3, -0.25) is 19.9 Å². The maximum atomic E-state index is 12.1. The zero-order chi connectivity index (χ0) is 15.4. The molecule has 0 unspecified atom stereocenters. The van der Waals surface area contributed by atoms with E-state index in [1.165, 1.54) is 43.8 Å². The van der Waals surface area contributed by atoms with Crippen LogP contribution in [0.25, 0.3) is 0 Å². The van der Waals surface area contributed by atoms with E-state index in [-0.39, 0.29) is 17.0 Å². The van der Waals surface area contributed by atoms with Crippen molar-refractivity contribution in [2.75, 3.05) is 12.4 Å². The average molecular weight is 308 g/mol. The quantitative estimate of drug-likeness (QED) is 0.692. The summed E-state index contributed by atoms with van der Waals surface area (Å²) in [6.07, 6.45) is 2.90. The molecule has 0 radical (unpaired) electrons. The van der Waals surface area contributed by atoms with Crippen molar-refractivity contribution in [1.82, 2.24) is 4.98 Å². The van der Waals surface area contributed by atoms with Gasteiger partial charge in [0.25, 0.3) is 5.91 Å². The van der Waals surface area contributed by atoms with Crippen molar-refractivity contribution in [3.63, 3.8) is 0 Å². The van der Waals surface area contributed by atoms with Crippen LogP contribution in [0.2, 0.25) is 5.02 Å². The molecule has 8 heteroatoms. The summed E-state index contributed by atoms with van der Waals surface area (Å²) in [7, 11) is 1.29. The van der Waals surface area contributed by atoms with E-state index in [1.807, 2.05) is 0 Å². The Morgan fingerprint density at radius 2 is 2.19 bits per heavy atom. The number of benzene rings is 1. The number of pyridine rings is 1. The van der Waals surface area contributed by atoms with E-state index in [1.54, 1.807) is 0 Å². The first-order valence-electron chi connectivity index (χ1n) is 5.76. The number of carbonyl (C=O) groups excluding carboxylic acids is 1. The molecular weight excluding hydrogens is 298 g/mol. The molecule has 1 aromatic heterocycles. The van der Waals surface area contributed by atoms with Gasteiger partial charge in [0.05, 0.1) is 28.9 Å². The average Bonchev–Trinajstić information content (AvgIpc) is 2.48. The summed E-state index contributed by atoms with van der Waals surface area (Å²) in [5.41, 5.74) is 0.340. The third-order valence-electron chi connectivity index (χ3n) is 2.65. The lowest BCUT2D eigenvalue weighted by atomic mass is 10.1. The normalized spacial score (nSPS) is 10.0. The number of halogens is 1. The Hall–Kier alpha value is -2.67. The Morgan fingerprint density at radius 1 is 1.43 bits per heavy atom. The Balaban J connectivity index is 2.28. The predicted octanol–water partition coefficient (Wildman–Crippen LogP) is 2.90. The number of hydrogen-bond acceptors (Lipinski definition) is 5. The molecule has 0 aliphatic heterocycles. The second-order valence-corrected chi connectivity index (χ2v) is 4.36. The number of amides is 1. The van der Waals surface area contributed by atoms with E-state index in [0.29, 0.717) is 10.7 Å². The highest BCUT2D eigenvalue weighted by molar-refractivity contribution is 6.33. The number of anilines is 1. The molecule has 2 aromatic rings. The fourth-order valence-electron chi connectivity index (χ4n) is 1.63. The SMILES string of the molecule is COc1cc(C(=O)Nc2cnccc2Cl)ccc1[N+](=O)[O-]. The molecule has 0 aliphatic rings. The van der Waals surface area contributed by atoms with Crippen molar-refractivity contribution in [3.05, 3.63) is 57.4 Å². The minimum Gasteiger partial charge on any atom is -0.490 e. The number of aromatic nitrogens is 1. The molecule has 1 heterocycles. The van der Waals surface area contributed by atoms with E-state index in [4.69, 9.17) is 16.3 Å². The number of ether oxygens (including phenoxy) is 1. The third-order valence-corrected chi connectivity index (χ3v) is 2.98. The second-order valence-electron chi connectivity index (χ2n) is 3.95. The molecule has 1 amide bonds. The zero-order valence-corrected chi connectivity index (χ0v) is 11.6. The maximum absolute atomic E-state index is 12.1. The first-order chi connectivity index (χ1) is 10.0. The van der Waals surface area contributed by atoms with Gasteiger partial charge in [0.2, 0.25) is 0 Å². The van der Waals surface area contributed by atoms with E-state index in [2.05, 4.69) is 10.3 Å². The van der Waals surface area contributed by atoms with Crippen molar-refractivity contribution < 1.29 is 14.5 Å². The molecule has 0 spiro atoms. The number of methoxy groups -OCH3 is 1. The van der Waals surface area contributed by atoms with E-state index >= 15 is 0 Å². The van der Waals surface area contributed by atoms with Gasteiger partial charge in [0.1, 0.15) is 0 Å². The van der Waals surface area contributed by atoms with Crippen LogP contribution in [0.15, 0.2) is 36.7 Å². The van der Waals surface area contributed by atoms with Gasteiger partial charge in [-0.1, -0.05) is 11.6 Å². The number of nitro benzene ring substituents is 1. The fraction of sp³-hybridized carbons (Fsp3) is 0.0769. The van der Waals surface area contributed by atoms with Crippen molar-refractivity contribution >= 4 is 28.9 Å². The minimum absolute atomic E-state index is 0.00457. The number of hydrogen-bond donors (Lipinski definition) is 1. The molecule has 0 bridgehead atoms. The van der Waals surface area contributed by atoms with Gasteiger partial charge in [-0.05, 0) is 12.1 Å². The molecule has 108 valence electrons. The lowest BCUT2D eigenvalue weighted by Gasteiger charge is -2.08. The number of rotatable bonds is 4. The number of carbonyl (C=O) groups is 1. The smallest absolute Gasteiger partial charge is 0.310 e. The highest BCUT2D eigenvalue weighted by Crippen LogP contribution is 2.28. The lowest BCUT2D eigenvalue weighted by Crippen LogP contribution is -2.12. The number of nitrogens with zero attached hydrogens (tertiary/aromatic N) is 2. The Morgan fingerprint density at radius 3 is 2.81 bits per heavy atom. The molecule has 0 fully saturated rings. The topological polar surface area (TPSA) is 94.4 Å². The monoisotopic (exact) mass is 307 g/mol. The van der Waals surface area contributed by atoms with Crippen LogP contribution in [-0.4, -0.2) is 22.9 Å².